The van der Waals surface area contributed by atoms with Gasteiger partial charge in [-0.2, -0.15) is 0 Å². The molecule has 2 aromatic carbocycles. The molecular formula is C27H38O3Si. The van der Waals surface area contributed by atoms with E-state index in [1.807, 2.05) is 6.08 Å². The van der Waals surface area contributed by atoms with Gasteiger partial charge in [-0.15, -0.1) is 0 Å². The summed E-state index contributed by atoms with van der Waals surface area (Å²) in [6.45, 7) is 12.2. The SMILES string of the molecule is CO[C@H]1C=C[C@H](C)[C@H]([C@@H](C)CCO[Si](c2ccccc2)(c2ccccc2)C(C)(C)C)O1. The molecule has 3 rings (SSSR count). The highest BCUT2D eigenvalue weighted by molar-refractivity contribution is 6.99. The zero-order valence-electron chi connectivity index (χ0n) is 19.9. The molecule has 168 valence electrons. The molecule has 31 heavy (non-hydrogen) atoms. The predicted molar refractivity (Wildman–Crippen MR) is 131 cm³/mol. The van der Waals surface area contributed by atoms with E-state index in [2.05, 4.69) is 101 Å². The van der Waals surface area contributed by atoms with Crippen LogP contribution in [0.3, 0.4) is 0 Å². The van der Waals surface area contributed by atoms with Gasteiger partial charge in [0, 0.05) is 19.6 Å². The molecule has 4 atom stereocenters. The minimum Gasteiger partial charge on any atom is -0.407 e. The van der Waals surface area contributed by atoms with Crippen LogP contribution in [0, 0.1) is 11.8 Å². The average Bonchev–Trinajstić information content (AvgIpc) is 2.77. The van der Waals surface area contributed by atoms with Crippen molar-refractivity contribution in [1.29, 1.82) is 0 Å². The minimum atomic E-state index is -2.48. The van der Waals surface area contributed by atoms with Crippen LogP contribution >= 0.6 is 0 Å². The van der Waals surface area contributed by atoms with Crippen LogP contribution in [0.25, 0.3) is 0 Å². The number of hydrogen-bond donors (Lipinski definition) is 0. The van der Waals surface area contributed by atoms with E-state index in [0.717, 1.165) is 6.42 Å². The second kappa shape index (κ2) is 10.3. The van der Waals surface area contributed by atoms with E-state index < -0.39 is 8.32 Å². The molecule has 0 saturated heterocycles. The number of methoxy groups -OCH3 is 1. The molecule has 0 unspecified atom stereocenters. The molecule has 0 aromatic heterocycles. The van der Waals surface area contributed by atoms with Crippen LogP contribution in [-0.4, -0.2) is 34.4 Å². The molecular weight excluding hydrogens is 400 g/mol. The molecule has 1 heterocycles. The van der Waals surface area contributed by atoms with Gasteiger partial charge in [-0.25, -0.2) is 0 Å². The van der Waals surface area contributed by atoms with Crippen molar-refractivity contribution < 1.29 is 13.9 Å². The van der Waals surface area contributed by atoms with E-state index in [4.69, 9.17) is 13.9 Å². The van der Waals surface area contributed by atoms with Gasteiger partial charge in [-0.05, 0) is 33.8 Å². The molecule has 1 aliphatic heterocycles. The Bertz CT molecular complexity index is 789. The van der Waals surface area contributed by atoms with Crippen molar-refractivity contribution in [1.82, 2.24) is 0 Å². The maximum absolute atomic E-state index is 7.05. The lowest BCUT2D eigenvalue weighted by Crippen LogP contribution is -2.66. The van der Waals surface area contributed by atoms with Gasteiger partial charge >= 0.3 is 0 Å². The van der Waals surface area contributed by atoms with E-state index in [1.165, 1.54) is 10.4 Å². The molecule has 0 radical (unpaired) electrons. The molecule has 0 N–H and O–H groups in total. The largest absolute Gasteiger partial charge is 0.407 e. The molecule has 3 nitrogen and oxygen atoms in total. The minimum absolute atomic E-state index is 0.00252. The third kappa shape index (κ3) is 5.20. The van der Waals surface area contributed by atoms with Gasteiger partial charge in [0.15, 0.2) is 6.29 Å². The predicted octanol–water partition coefficient (Wildman–Crippen LogP) is 5.15. The Morgan fingerprint density at radius 2 is 1.48 bits per heavy atom. The number of benzene rings is 2. The summed E-state index contributed by atoms with van der Waals surface area (Å²) in [5, 5.41) is 2.65. The Hall–Kier alpha value is -1.72. The fourth-order valence-electron chi connectivity index (χ4n) is 4.81. The highest BCUT2D eigenvalue weighted by atomic mass is 28.4. The Morgan fingerprint density at radius 3 is 1.97 bits per heavy atom. The summed E-state index contributed by atoms with van der Waals surface area (Å²) in [5.74, 6) is 0.741. The summed E-state index contributed by atoms with van der Waals surface area (Å²) in [7, 11) is -0.789. The normalized spacial score (nSPS) is 23.0. The quantitative estimate of drug-likeness (QED) is 0.421. The van der Waals surface area contributed by atoms with Gasteiger partial charge < -0.3 is 13.9 Å². The zero-order valence-corrected chi connectivity index (χ0v) is 20.9. The molecule has 1 aliphatic rings. The summed E-state index contributed by atoms with van der Waals surface area (Å²) in [4.78, 5) is 0. The van der Waals surface area contributed by atoms with Gasteiger partial charge in [0.2, 0.25) is 0 Å². The number of ether oxygens (including phenoxy) is 2. The van der Waals surface area contributed by atoms with Crippen LogP contribution in [0.1, 0.15) is 41.0 Å². The van der Waals surface area contributed by atoms with E-state index in [1.54, 1.807) is 7.11 Å². The van der Waals surface area contributed by atoms with Crippen molar-refractivity contribution >= 4 is 18.7 Å². The van der Waals surface area contributed by atoms with Crippen molar-refractivity contribution in [2.75, 3.05) is 13.7 Å². The number of rotatable bonds is 8. The Kier molecular flexibility index (Phi) is 7.92. The molecule has 4 heteroatoms. The lowest BCUT2D eigenvalue weighted by Gasteiger charge is -2.43. The topological polar surface area (TPSA) is 27.7 Å². The molecule has 0 fully saturated rings. The van der Waals surface area contributed by atoms with E-state index >= 15 is 0 Å². The summed E-state index contributed by atoms with van der Waals surface area (Å²) in [5.41, 5.74) is 0. The smallest absolute Gasteiger partial charge is 0.261 e. The van der Waals surface area contributed by atoms with Crippen molar-refractivity contribution in [2.45, 2.75) is 58.5 Å². The van der Waals surface area contributed by atoms with Gasteiger partial charge in [0.1, 0.15) is 0 Å². The van der Waals surface area contributed by atoms with Crippen molar-refractivity contribution in [3.05, 3.63) is 72.8 Å². The highest BCUT2D eigenvalue weighted by Gasteiger charge is 2.50. The van der Waals surface area contributed by atoms with Crippen molar-refractivity contribution in [3.8, 4) is 0 Å². The van der Waals surface area contributed by atoms with Crippen LogP contribution in [0.4, 0.5) is 0 Å². The first-order valence-corrected chi connectivity index (χ1v) is 13.3. The van der Waals surface area contributed by atoms with E-state index in [9.17, 15) is 0 Å². The fourth-order valence-corrected chi connectivity index (χ4v) is 9.39. The molecule has 0 aliphatic carbocycles. The fraction of sp³-hybridized carbons (Fsp3) is 0.481. The van der Waals surface area contributed by atoms with Crippen LogP contribution in [0.5, 0.6) is 0 Å². The Balaban J connectivity index is 1.84. The molecule has 0 saturated carbocycles. The first kappa shape index (κ1) is 23.9. The standard InChI is InChI=1S/C27H38O3Si/c1-21-17-18-25(28-6)30-26(21)22(2)19-20-29-31(27(3,4)5,23-13-9-7-10-14-23)24-15-11-8-12-16-24/h7-18,21-22,25-26H,19-20H2,1-6H3/t21-,22-,25+,26+/m0/s1. The van der Waals surface area contributed by atoms with E-state index in [-0.39, 0.29) is 17.4 Å². The van der Waals surface area contributed by atoms with Crippen molar-refractivity contribution in [3.63, 3.8) is 0 Å². The third-order valence-corrected chi connectivity index (χ3v) is 11.5. The van der Waals surface area contributed by atoms with E-state index in [0.29, 0.717) is 18.4 Å². The lowest BCUT2D eigenvalue weighted by atomic mass is 9.89. The Morgan fingerprint density at radius 1 is 0.935 bits per heavy atom. The maximum atomic E-state index is 7.05. The van der Waals surface area contributed by atoms with Crippen LogP contribution in [0.2, 0.25) is 5.04 Å². The Labute approximate surface area is 189 Å². The monoisotopic (exact) mass is 438 g/mol. The van der Waals surface area contributed by atoms with Crippen LogP contribution in [-0.2, 0) is 13.9 Å². The maximum Gasteiger partial charge on any atom is 0.261 e. The molecule has 0 spiro atoms. The summed E-state index contributed by atoms with van der Waals surface area (Å²) < 4.78 is 18.6. The van der Waals surface area contributed by atoms with Crippen molar-refractivity contribution in [2.24, 2.45) is 11.8 Å². The summed E-state index contributed by atoms with van der Waals surface area (Å²) >= 11 is 0. The van der Waals surface area contributed by atoms with Gasteiger partial charge in [0.25, 0.3) is 8.32 Å². The summed E-state index contributed by atoms with van der Waals surface area (Å²) in [6.07, 6.45) is 5.05. The van der Waals surface area contributed by atoms with Gasteiger partial charge in [-0.3, -0.25) is 0 Å². The van der Waals surface area contributed by atoms with Gasteiger partial charge in [0.05, 0.1) is 6.10 Å². The lowest BCUT2D eigenvalue weighted by molar-refractivity contribution is -0.158. The second-order valence-electron chi connectivity index (χ2n) is 9.73. The summed E-state index contributed by atoms with van der Waals surface area (Å²) in [6, 6.07) is 21.7. The molecule has 0 bridgehead atoms. The van der Waals surface area contributed by atoms with Crippen LogP contribution < -0.4 is 10.4 Å². The van der Waals surface area contributed by atoms with Gasteiger partial charge in [-0.1, -0.05) is 101 Å². The molecule has 2 aromatic rings. The van der Waals surface area contributed by atoms with Crippen LogP contribution in [0.15, 0.2) is 72.8 Å². The first-order valence-electron chi connectivity index (χ1n) is 11.4. The molecule has 0 amide bonds. The average molecular weight is 439 g/mol. The third-order valence-electron chi connectivity index (χ3n) is 6.48. The second-order valence-corrected chi connectivity index (χ2v) is 14.0. The zero-order chi connectivity index (χ0) is 22.5. The number of hydrogen-bond acceptors (Lipinski definition) is 3. The first-order chi connectivity index (χ1) is 14.8. The highest BCUT2D eigenvalue weighted by Crippen LogP contribution is 2.37.